The summed E-state index contributed by atoms with van der Waals surface area (Å²) in [7, 11) is 0. The number of aliphatic hydroxyl groups excluding tert-OH is 1. The van der Waals surface area contributed by atoms with Crippen LogP contribution in [-0.4, -0.2) is 43.9 Å². The van der Waals surface area contributed by atoms with Gasteiger partial charge < -0.3 is 15.6 Å². The molecule has 0 fully saturated rings. The molecular weight excluding hydrogens is 353 g/mol. The van der Waals surface area contributed by atoms with Crippen LogP contribution in [0.5, 0.6) is 0 Å². The molecule has 1 unspecified atom stereocenters. The molecule has 0 spiro atoms. The molecule has 1 amide bonds. The molecular formula is C18H18FN5O3. The number of halogens is 1. The number of nitrogens with two attached hydrogens (primary N) is 1. The fraction of sp³-hybridized carbons (Fsp3) is 0.222. The Morgan fingerprint density at radius 1 is 1.22 bits per heavy atom. The van der Waals surface area contributed by atoms with Crippen LogP contribution in [0.2, 0.25) is 0 Å². The molecule has 0 aliphatic rings. The molecule has 1 heterocycles. The number of carbonyl (C=O) groups is 1. The fourth-order valence-electron chi connectivity index (χ4n) is 2.38. The number of amides is 1. The molecule has 3 aromatic rings. The molecule has 27 heavy (non-hydrogen) atoms. The Morgan fingerprint density at radius 3 is 2.67 bits per heavy atom. The van der Waals surface area contributed by atoms with Crippen molar-refractivity contribution in [2.45, 2.75) is 19.3 Å². The van der Waals surface area contributed by atoms with Gasteiger partial charge in [0, 0.05) is 16.7 Å². The van der Waals surface area contributed by atoms with Crippen molar-refractivity contribution in [2.75, 3.05) is 6.61 Å². The first kappa shape index (κ1) is 18.6. The van der Waals surface area contributed by atoms with Gasteiger partial charge in [0.25, 0.3) is 0 Å². The van der Waals surface area contributed by atoms with Crippen LogP contribution in [0.15, 0.2) is 48.5 Å². The average Bonchev–Trinajstić information content (AvgIpc) is 3.12. The van der Waals surface area contributed by atoms with E-state index in [4.69, 9.17) is 10.5 Å². The molecule has 0 saturated heterocycles. The molecule has 2 aromatic carbocycles. The van der Waals surface area contributed by atoms with Gasteiger partial charge in [-0.15, -0.1) is 10.2 Å². The molecule has 8 nitrogen and oxygen atoms in total. The molecule has 0 aliphatic heterocycles. The molecule has 1 aromatic heterocycles. The van der Waals surface area contributed by atoms with E-state index >= 15 is 0 Å². The maximum absolute atomic E-state index is 13.5. The van der Waals surface area contributed by atoms with Gasteiger partial charge in [-0.05, 0) is 23.4 Å². The first-order valence-corrected chi connectivity index (χ1v) is 8.20. The quantitative estimate of drug-likeness (QED) is 0.614. The maximum Gasteiger partial charge on any atom is 0.248 e. The molecule has 9 heteroatoms. The number of aliphatic hydroxyl groups is 1. The normalized spacial score (nSPS) is 12.1. The van der Waals surface area contributed by atoms with Gasteiger partial charge in [-0.3, -0.25) is 4.79 Å². The fourth-order valence-corrected chi connectivity index (χ4v) is 2.38. The van der Waals surface area contributed by atoms with E-state index in [1.54, 1.807) is 42.5 Å². The third-order valence-electron chi connectivity index (χ3n) is 3.78. The van der Waals surface area contributed by atoms with Crippen LogP contribution in [0, 0.1) is 5.82 Å². The Hall–Kier alpha value is -3.17. The van der Waals surface area contributed by atoms with E-state index in [1.165, 1.54) is 10.9 Å². The smallest absolute Gasteiger partial charge is 0.248 e. The number of hydrogen-bond donors (Lipinski definition) is 2. The summed E-state index contributed by atoms with van der Waals surface area (Å²) in [5.74, 6) is -0.515. The van der Waals surface area contributed by atoms with Crippen molar-refractivity contribution in [3.63, 3.8) is 0 Å². The van der Waals surface area contributed by atoms with Crippen molar-refractivity contribution in [2.24, 2.45) is 5.73 Å². The van der Waals surface area contributed by atoms with Gasteiger partial charge >= 0.3 is 0 Å². The molecule has 3 N–H and O–H groups in total. The monoisotopic (exact) mass is 371 g/mol. The molecule has 140 valence electrons. The predicted molar refractivity (Wildman–Crippen MR) is 93.8 cm³/mol. The summed E-state index contributed by atoms with van der Waals surface area (Å²) >= 11 is 0. The van der Waals surface area contributed by atoms with E-state index in [0.29, 0.717) is 22.5 Å². The van der Waals surface area contributed by atoms with Crippen molar-refractivity contribution < 1.29 is 19.0 Å². The lowest BCUT2D eigenvalue weighted by Crippen LogP contribution is -2.23. The summed E-state index contributed by atoms with van der Waals surface area (Å²) in [6.45, 7) is 0.133. The Kier molecular flexibility index (Phi) is 5.84. The summed E-state index contributed by atoms with van der Waals surface area (Å²) in [6, 6.07) is 12.8. The summed E-state index contributed by atoms with van der Waals surface area (Å²) < 4.78 is 18.8. The number of nitrogens with zero attached hydrogens (tertiary/aromatic N) is 4. The Morgan fingerprint density at radius 2 is 1.96 bits per heavy atom. The lowest BCUT2D eigenvalue weighted by molar-refractivity contribution is 0.0156. The zero-order chi connectivity index (χ0) is 19.2. The van der Waals surface area contributed by atoms with E-state index in [0.717, 1.165) is 0 Å². The van der Waals surface area contributed by atoms with Gasteiger partial charge in [0.1, 0.15) is 5.82 Å². The summed E-state index contributed by atoms with van der Waals surface area (Å²) in [5, 5.41) is 22.0. The lowest BCUT2D eigenvalue weighted by atomic mass is 10.1. The largest absolute Gasteiger partial charge is 0.389 e. The molecule has 0 aliphatic carbocycles. The number of ether oxygens (including phenoxy) is 1. The molecule has 0 bridgehead atoms. The highest BCUT2D eigenvalue weighted by molar-refractivity contribution is 5.93. The van der Waals surface area contributed by atoms with Gasteiger partial charge in [0.05, 0.1) is 25.9 Å². The average molecular weight is 371 g/mol. The standard InChI is InChI=1S/C18H18FN5O3/c19-16-4-2-1-3-14(16)10-27-11-15(25)9-24-22-18(21-23-24)13-7-5-12(6-8-13)17(20)26/h1-8,15,25H,9-11H2,(H2,20,26). The maximum atomic E-state index is 13.5. The van der Waals surface area contributed by atoms with Crippen LogP contribution < -0.4 is 5.73 Å². The van der Waals surface area contributed by atoms with Crippen molar-refractivity contribution in [3.05, 3.63) is 65.5 Å². The molecule has 1 atom stereocenters. The highest BCUT2D eigenvalue weighted by atomic mass is 19.1. The highest BCUT2D eigenvalue weighted by Gasteiger charge is 2.12. The number of aromatic nitrogens is 4. The van der Waals surface area contributed by atoms with E-state index in [-0.39, 0.29) is 25.6 Å². The van der Waals surface area contributed by atoms with Gasteiger partial charge in [-0.25, -0.2) is 4.39 Å². The number of rotatable bonds is 8. The molecule has 0 radical (unpaired) electrons. The van der Waals surface area contributed by atoms with Crippen LogP contribution >= 0.6 is 0 Å². The van der Waals surface area contributed by atoms with Gasteiger partial charge in [0.15, 0.2) is 0 Å². The summed E-state index contributed by atoms with van der Waals surface area (Å²) in [5.41, 5.74) is 6.67. The second kappa shape index (κ2) is 8.47. The van der Waals surface area contributed by atoms with E-state index in [9.17, 15) is 14.3 Å². The zero-order valence-corrected chi connectivity index (χ0v) is 14.3. The first-order valence-electron chi connectivity index (χ1n) is 8.20. The van der Waals surface area contributed by atoms with E-state index in [1.807, 2.05) is 0 Å². The second-order valence-corrected chi connectivity index (χ2v) is 5.87. The van der Waals surface area contributed by atoms with Gasteiger partial charge in [-0.1, -0.05) is 30.3 Å². The Balaban J connectivity index is 1.52. The van der Waals surface area contributed by atoms with Gasteiger partial charge in [-0.2, -0.15) is 4.80 Å². The highest BCUT2D eigenvalue weighted by Crippen LogP contribution is 2.14. The third-order valence-corrected chi connectivity index (χ3v) is 3.78. The lowest BCUT2D eigenvalue weighted by Gasteiger charge is -2.10. The zero-order valence-electron chi connectivity index (χ0n) is 14.3. The van der Waals surface area contributed by atoms with Gasteiger partial charge in [0.2, 0.25) is 11.7 Å². The Bertz CT molecular complexity index is 913. The number of benzene rings is 2. The molecule has 0 saturated carbocycles. The minimum absolute atomic E-state index is 0.00147. The third kappa shape index (κ3) is 4.93. The minimum Gasteiger partial charge on any atom is -0.389 e. The van der Waals surface area contributed by atoms with Crippen LogP contribution in [0.4, 0.5) is 4.39 Å². The van der Waals surface area contributed by atoms with Crippen molar-refractivity contribution in [3.8, 4) is 11.4 Å². The van der Waals surface area contributed by atoms with Crippen LogP contribution in [-0.2, 0) is 17.9 Å². The number of carbonyl (C=O) groups excluding carboxylic acids is 1. The number of hydrogen-bond acceptors (Lipinski definition) is 6. The molecule has 3 rings (SSSR count). The second-order valence-electron chi connectivity index (χ2n) is 5.87. The van der Waals surface area contributed by atoms with Crippen LogP contribution in [0.3, 0.4) is 0 Å². The predicted octanol–water partition coefficient (Wildman–Crippen LogP) is 1.16. The number of primary amides is 1. The topological polar surface area (TPSA) is 116 Å². The van der Waals surface area contributed by atoms with Crippen molar-refractivity contribution >= 4 is 5.91 Å². The SMILES string of the molecule is NC(=O)c1ccc(-c2nnn(CC(O)COCc3ccccc3F)n2)cc1. The van der Waals surface area contributed by atoms with E-state index < -0.39 is 12.0 Å². The minimum atomic E-state index is -0.879. The van der Waals surface area contributed by atoms with E-state index in [2.05, 4.69) is 15.4 Å². The number of tetrazole rings is 1. The summed E-state index contributed by atoms with van der Waals surface area (Å²) in [4.78, 5) is 12.3. The van der Waals surface area contributed by atoms with Crippen molar-refractivity contribution in [1.29, 1.82) is 0 Å². The van der Waals surface area contributed by atoms with Crippen molar-refractivity contribution in [1.82, 2.24) is 20.2 Å². The van der Waals surface area contributed by atoms with Crippen LogP contribution in [0.1, 0.15) is 15.9 Å². The Labute approximate surface area is 154 Å². The van der Waals surface area contributed by atoms with Crippen LogP contribution in [0.25, 0.3) is 11.4 Å². The summed E-state index contributed by atoms with van der Waals surface area (Å²) in [6.07, 6.45) is -0.879. The first-order chi connectivity index (χ1) is 13.0.